The van der Waals surface area contributed by atoms with Gasteiger partial charge in [-0.3, -0.25) is 10.0 Å². The largest absolute Gasteiger partial charge is 0.380 e. The number of nitrogens with one attached hydrogen (secondary N) is 1. The summed E-state index contributed by atoms with van der Waals surface area (Å²) in [6, 6.07) is 6.69. The van der Waals surface area contributed by atoms with E-state index in [-0.39, 0.29) is 48.2 Å². The van der Waals surface area contributed by atoms with Crippen molar-refractivity contribution in [1.82, 2.24) is 20.6 Å². The Labute approximate surface area is 186 Å². The molecule has 11 nitrogen and oxygen atoms in total. The lowest BCUT2D eigenvalue weighted by molar-refractivity contribution is -0.126. The molecule has 3 aromatic heterocycles. The van der Waals surface area contributed by atoms with Crippen LogP contribution in [0.1, 0.15) is 38.7 Å². The third-order valence-electron chi connectivity index (χ3n) is 2.87. The van der Waals surface area contributed by atoms with Crippen LogP contribution < -0.4 is 11.2 Å². The summed E-state index contributed by atoms with van der Waals surface area (Å²) in [6.07, 6.45) is 0. The Morgan fingerprint density at radius 2 is 1.62 bits per heavy atom. The van der Waals surface area contributed by atoms with Crippen molar-refractivity contribution < 1.29 is 23.3 Å². The number of nitriles is 3. The quantitative estimate of drug-likeness (QED) is 0.251. The second-order valence-corrected chi connectivity index (χ2v) is 5.26. The Bertz CT molecular complexity index is 1170. The summed E-state index contributed by atoms with van der Waals surface area (Å²) in [5, 5.41) is 36.2. The second-order valence-electron chi connectivity index (χ2n) is 4.90. The highest BCUT2D eigenvalue weighted by Gasteiger charge is 2.12. The third kappa shape index (κ3) is 7.80. The maximum Gasteiger partial charge on any atom is 0.261 e. The van der Waals surface area contributed by atoms with E-state index in [1.807, 2.05) is 0 Å². The lowest BCUT2D eigenvalue weighted by Crippen LogP contribution is -2.12. The van der Waals surface area contributed by atoms with Crippen molar-refractivity contribution in [3.8, 4) is 18.2 Å². The molecule has 0 radical (unpaired) electrons. The number of nitrogen functional groups attached to an aromatic ring is 1. The van der Waals surface area contributed by atoms with E-state index in [9.17, 15) is 13.6 Å². The molecule has 0 fully saturated rings. The molecule has 0 atom stereocenters. The minimum absolute atomic E-state index is 0. The zero-order valence-electron chi connectivity index (χ0n) is 14.8. The maximum absolute atomic E-state index is 13.0. The summed E-state index contributed by atoms with van der Waals surface area (Å²) >= 11 is 5.43. The summed E-state index contributed by atoms with van der Waals surface area (Å²) in [4.78, 5) is 16.4. The van der Waals surface area contributed by atoms with Gasteiger partial charge in [0.05, 0.1) is 10.9 Å². The second kappa shape index (κ2) is 13.8. The first-order valence-corrected chi connectivity index (χ1v) is 7.74. The average molecular weight is 467 g/mol. The van der Waals surface area contributed by atoms with Gasteiger partial charge in [-0.2, -0.15) is 20.8 Å². The van der Waals surface area contributed by atoms with Crippen LogP contribution in [0.5, 0.6) is 0 Å². The van der Waals surface area contributed by atoms with Gasteiger partial charge in [0.15, 0.2) is 28.8 Å². The molecule has 0 aliphatic rings. The molecule has 0 aliphatic carbocycles. The molecular formula is C18H17ClF2N8O3. The molecule has 0 aromatic carbocycles. The van der Waals surface area contributed by atoms with E-state index in [4.69, 9.17) is 38.3 Å². The highest BCUT2D eigenvalue weighted by atomic mass is 35.5. The summed E-state index contributed by atoms with van der Waals surface area (Å²) < 4.78 is 30.3. The number of anilines is 1. The Balaban J connectivity index is 0. The van der Waals surface area contributed by atoms with Gasteiger partial charge in [-0.1, -0.05) is 31.6 Å². The monoisotopic (exact) mass is 466 g/mol. The van der Waals surface area contributed by atoms with E-state index in [0.717, 1.165) is 12.1 Å². The van der Waals surface area contributed by atoms with Crippen LogP contribution in [0.2, 0.25) is 5.15 Å². The van der Waals surface area contributed by atoms with E-state index < -0.39 is 23.2 Å². The molecule has 14 heteroatoms. The zero-order valence-corrected chi connectivity index (χ0v) is 15.6. The molecule has 3 rings (SSSR count). The van der Waals surface area contributed by atoms with E-state index >= 15 is 0 Å². The van der Waals surface area contributed by atoms with Gasteiger partial charge in [0.2, 0.25) is 5.91 Å². The van der Waals surface area contributed by atoms with Crippen molar-refractivity contribution in [3.05, 3.63) is 45.9 Å². The highest BCUT2D eigenvalue weighted by Crippen LogP contribution is 2.20. The Morgan fingerprint density at radius 1 is 1.12 bits per heavy atom. The van der Waals surface area contributed by atoms with E-state index in [1.54, 1.807) is 12.1 Å². The first-order valence-electron chi connectivity index (χ1n) is 7.36. The molecule has 0 saturated heterocycles. The van der Waals surface area contributed by atoms with Crippen LogP contribution in [0.15, 0.2) is 16.7 Å². The summed E-state index contributed by atoms with van der Waals surface area (Å²) in [6.45, 7) is 1.22. The number of nitrogens with two attached hydrogens (primary N) is 1. The van der Waals surface area contributed by atoms with Crippen LogP contribution in [0.3, 0.4) is 0 Å². The number of pyridine rings is 2. The van der Waals surface area contributed by atoms with Crippen LogP contribution in [0.4, 0.5) is 14.6 Å². The number of hydrogen-bond donors (Lipinski definition) is 3. The van der Waals surface area contributed by atoms with Crippen LogP contribution in [0, 0.1) is 45.6 Å². The number of nitrogens with zero attached hydrogens (tertiary/aromatic N) is 6. The Hall–Kier alpha value is -4.38. The van der Waals surface area contributed by atoms with Crippen molar-refractivity contribution in [2.45, 2.75) is 21.8 Å². The molecular weight excluding hydrogens is 450 g/mol. The van der Waals surface area contributed by atoms with Gasteiger partial charge in [0.25, 0.3) is 5.71 Å². The minimum atomic E-state index is -0.835. The standard InChI is InChI=1S/C7HClFN3.C7H3FN4O.C2H5NO2.2CH4/c8-7-4(2-10)1-5(9)6(3-11)12-7;8-4-1-3-6(10)12-13-7(3)11-5(4)2-9;1-2(4)3-5;;/h1H;1H,(H2,10,12);5H,1H3,(H,3,4);2*1H4. The van der Waals surface area contributed by atoms with Crippen LogP contribution in [0.25, 0.3) is 11.1 Å². The van der Waals surface area contributed by atoms with Gasteiger partial charge in [-0.05, 0) is 12.1 Å². The molecule has 0 unspecified atom stereocenters. The van der Waals surface area contributed by atoms with Gasteiger partial charge in [-0.25, -0.2) is 19.2 Å². The summed E-state index contributed by atoms with van der Waals surface area (Å²) in [7, 11) is 0. The molecule has 0 aliphatic heterocycles. The number of hydrogen-bond acceptors (Lipinski definition) is 10. The van der Waals surface area contributed by atoms with Gasteiger partial charge in [-0.15, -0.1) is 0 Å². The lowest BCUT2D eigenvalue weighted by Gasteiger charge is -1.94. The number of carbonyl (C=O) groups excluding carboxylic acids is 1. The fraction of sp³-hybridized carbons (Fsp3) is 0.167. The average Bonchev–Trinajstić information content (AvgIpc) is 3.09. The number of fused-ring (bicyclic) bond motifs is 1. The predicted molar refractivity (Wildman–Crippen MR) is 109 cm³/mol. The van der Waals surface area contributed by atoms with Crippen LogP contribution >= 0.6 is 11.6 Å². The van der Waals surface area contributed by atoms with Crippen molar-refractivity contribution in [2.24, 2.45) is 0 Å². The SMILES string of the molecule is C.C.CC(=O)NO.N#Cc1cc(F)c(C#N)nc1Cl.N#Cc1nc2onc(N)c2cc1F. The maximum atomic E-state index is 13.0. The number of carbonyl (C=O) groups is 1. The molecule has 0 spiro atoms. The smallest absolute Gasteiger partial charge is 0.261 e. The normalized spacial score (nSPS) is 8.44. The number of amides is 1. The van der Waals surface area contributed by atoms with E-state index in [2.05, 4.69) is 19.6 Å². The number of halogens is 3. The Kier molecular flexibility index (Phi) is 12.8. The minimum Gasteiger partial charge on any atom is -0.380 e. The van der Waals surface area contributed by atoms with Gasteiger partial charge in [0.1, 0.15) is 23.4 Å². The Morgan fingerprint density at radius 3 is 2.09 bits per heavy atom. The van der Waals surface area contributed by atoms with Gasteiger partial charge >= 0.3 is 0 Å². The fourth-order valence-corrected chi connectivity index (χ4v) is 1.75. The first-order chi connectivity index (χ1) is 14.2. The molecule has 1 amide bonds. The van der Waals surface area contributed by atoms with E-state index in [0.29, 0.717) is 0 Å². The zero-order chi connectivity index (χ0) is 22.8. The number of rotatable bonds is 0. The number of aromatic nitrogens is 3. The summed E-state index contributed by atoms with van der Waals surface area (Å²) in [5.41, 5.74) is 5.99. The predicted octanol–water partition coefficient (Wildman–Crippen LogP) is 3.22. The fourth-order valence-electron chi connectivity index (χ4n) is 1.57. The molecule has 168 valence electrons. The highest BCUT2D eigenvalue weighted by molar-refractivity contribution is 6.30. The van der Waals surface area contributed by atoms with Gasteiger partial charge < -0.3 is 10.3 Å². The summed E-state index contributed by atoms with van der Waals surface area (Å²) in [5.74, 6) is -1.95. The van der Waals surface area contributed by atoms with Crippen molar-refractivity contribution in [3.63, 3.8) is 0 Å². The number of hydroxylamine groups is 1. The van der Waals surface area contributed by atoms with Crippen molar-refractivity contribution in [2.75, 3.05) is 5.73 Å². The van der Waals surface area contributed by atoms with Crippen LogP contribution in [-0.2, 0) is 4.79 Å². The van der Waals surface area contributed by atoms with Crippen molar-refractivity contribution >= 4 is 34.4 Å². The molecule has 4 N–H and O–H groups in total. The topological polar surface area (TPSA) is 199 Å². The van der Waals surface area contributed by atoms with E-state index in [1.165, 1.54) is 18.5 Å². The van der Waals surface area contributed by atoms with Crippen molar-refractivity contribution in [1.29, 1.82) is 15.8 Å². The molecule has 0 bridgehead atoms. The first kappa shape index (κ1) is 29.8. The third-order valence-corrected chi connectivity index (χ3v) is 3.15. The lowest BCUT2D eigenvalue weighted by atomic mass is 10.2. The molecule has 3 aromatic rings. The van der Waals surface area contributed by atoms with Crippen LogP contribution in [-0.4, -0.2) is 26.2 Å². The molecule has 32 heavy (non-hydrogen) atoms. The molecule has 3 heterocycles. The molecule has 0 saturated carbocycles. The van der Waals surface area contributed by atoms with Gasteiger partial charge in [0, 0.05) is 6.92 Å².